The fourth-order valence-electron chi connectivity index (χ4n) is 4.93. The Kier molecular flexibility index (Phi) is 10.3. The SMILES string of the molecule is CC(C)P(C1=Cc2ccccc2[CH]1[Hf+2][CH]1C(P(C)C)=Cc2ccccc21)C(C)C.[Cl-].[Cl-]. The predicted molar refractivity (Wildman–Crippen MR) is 130 cm³/mol. The summed E-state index contributed by atoms with van der Waals surface area (Å²) in [7, 11) is -0.121. The number of hydrogen-bond donors (Lipinski definition) is 0. The zero-order chi connectivity index (χ0) is 20.7. The molecule has 0 heterocycles. The average molecular weight is 656 g/mol. The second-order valence-corrected chi connectivity index (χ2v) is 20.0. The van der Waals surface area contributed by atoms with Crippen LogP contribution in [0.5, 0.6) is 0 Å². The summed E-state index contributed by atoms with van der Waals surface area (Å²) in [6.45, 7) is 14.7. The quantitative estimate of drug-likeness (QED) is 0.331. The maximum Gasteiger partial charge on any atom is -1.00 e. The molecule has 0 N–H and O–H groups in total. The molecule has 2 aromatic carbocycles. The summed E-state index contributed by atoms with van der Waals surface area (Å²) in [5.74, 6) is 0. The van der Waals surface area contributed by atoms with Crippen LogP contribution >= 0.6 is 15.8 Å². The van der Waals surface area contributed by atoms with Gasteiger partial charge < -0.3 is 24.8 Å². The van der Waals surface area contributed by atoms with E-state index in [0.717, 1.165) is 18.7 Å². The van der Waals surface area contributed by atoms with Gasteiger partial charge in [-0.25, -0.2) is 0 Å². The number of benzene rings is 2. The van der Waals surface area contributed by atoms with E-state index in [2.05, 4.69) is 102 Å². The Morgan fingerprint density at radius 2 is 1.10 bits per heavy atom. The molecular formula is C26H32Cl2HfP2. The molecule has 5 heteroatoms. The van der Waals surface area contributed by atoms with E-state index in [1.54, 1.807) is 16.4 Å². The Bertz CT molecular complexity index is 957. The van der Waals surface area contributed by atoms with Crippen molar-refractivity contribution in [3.63, 3.8) is 0 Å². The molecule has 0 spiro atoms. The van der Waals surface area contributed by atoms with Crippen LogP contribution in [0.4, 0.5) is 0 Å². The maximum atomic E-state index is 2.61. The molecule has 2 aliphatic rings. The third kappa shape index (κ3) is 5.49. The number of hydrogen-bond acceptors (Lipinski definition) is 0. The summed E-state index contributed by atoms with van der Waals surface area (Å²) in [6, 6.07) is 18.5. The fraction of sp³-hybridized carbons (Fsp3) is 0.385. The molecule has 0 radical (unpaired) electrons. The molecule has 4 rings (SSSR count). The third-order valence-electron chi connectivity index (χ3n) is 6.07. The van der Waals surface area contributed by atoms with Crippen LogP contribution in [0.1, 0.15) is 57.3 Å². The summed E-state index contributed by atoms with van der Waals surface area (Å²) < 4.78 is 1.53. The molecule has 0 nitrogen and oxygen atoms in total. The van der Waals surface area contributed by atoms with Crippen molar-refractivity contribution in [3.05, 3.63) is 81.4 Å². The van der Waals surface area contributed by atoms with E-state index < -0.39 is 22.9 Å². The van der Waals surface area contributed by atoms with E-state index in [0.29, 0.717) is 0 Å². The molecule has 31 heavy (non-hydrogen) atoms. The normalized spacial score (nSPS) is 18.9. The molecule has 2 unspecified atom stereocenters. The number of fused-ring (bicyclic) bond motifs is 2. The van der Waals surface area contributed by atoms with Crippen molar-refractivity contribution in [2.75, 3.05) is 13.3 Å². The number of halogens is 2. The average Bonchev–Trinajstić information content (AvgIpc) is 3.21. The smallest absolute Gasteiger partial charge is 1.00 e. The van der Waals surface area contributed by atoms with Crippen molar-refractivity contribution >= 4 is 28.0 Å². The topological polar surface area (TPSA) is 0 Å². The van der Waals surface area contributed by atoms with Gasteiger partial charge in [-0.15, -0.1) is 0 Å². The minimum atomic E-state index is -1.05. The molecule has 0 aliphatic heterocycles. The number of allylic oxidation sites excluding steroid dienone is 2. The first-order valence-corrected chi connectivity index (χ1v) is 18.6. The standard InChI is InChI=1S/C15H20P.C11H12P.2ClH.Hf/c1-11(2)16(12(3)4)15-9-13-7-5-6-8-14(13)10-15;1-12(2)11-7-9-5-3-4-6-10(9)8-11;;;/h5-12H,1-4H3;3-8H,1-2H3;2*1H;/q;;;;+2/p-2. The van der Waals surface area contributed by atoms with Gasteiger partial charge in [-0.1, -0.05) is 0 Å². The van der Waals surface area contributed by atoms with E-state index in [1.165, 1.54) is 11.1 Å². The molecule has 2 aliphatic carbocycles. The Labute approximate surface area is 215 Å². The summed E-state index contributed by atoms with van der Waals surface area (Å²) >= 11 is -1.05. The van der Waals surface area contributed by atoms with E-state index in [-0.39, 0.29) is 40.7 Å². The second kappa shape index (κ2) is 11.6. The monoisotopic (exact) mass is 656 g/mol. The molecule has 0 amide bonds. The molecule has 0 saturated heterocycles. The molecule has 0 aromatic heterocycles. The maximum absolute atomic E-state index is 2.61. The third-order valence-corrected chi connectivity index (χ3v) is 19.3. The second-order valence-electron chi connectivity index (χ2n) is 8.92. The van der Waals surface area contributed by atoms with Crippen LogP contribution in [0, 0.1) is 0 Å². The zero-order valence-electron chi connectivity index (χ0n) is 19.2. The Balaban J connectivity index is 0.00000171. The van der Waals surface area contributed by atoms with Gasteiger partial charge in [-0.3, -0.25) is 0 Å². The van der Waals surface area contributed by atoms with Crippen LogP contribution in [-0.4, -0.2) is 24.6 Å². The van der Waals surface area contributed by atoms with Crippen LogP contribution in [0.2, 0.25) is 0 Å². The van der Waals surface area contributed by atoms with Crippen LogP contribution < -0.4 is 24.8 Å². The summed E-state index contributed by atoms with van der Waals surface area (Å²) in [5, 5.41) is 3.60. The molecule has 0 bridgehead atoms. The summed E-state index contributed by atoms with van der Waals surface area (Å²) in [6.07, 6.45) is 5.17. The van der Waals surface area contributed by atoms with E-state index in [1.807, 2.05) is 5.31 Å². The van der Waals surface area contributed by atoms with Gasteiger partial charge in [-0.2, -0.15) is 0 Å². The molecule has 164 valence electrons. The zero-order valence-corrected chi connectivity index (χ0v) is 26.1. The number of rotatable bonds is 6. The van der Waals surface area contributed by atoms with Crippen molar-refractivity contribution in [1.29, 1.82) is 0 Å². The Hall–Kier alpha value is 0.230. The van der Waals surface area contributed by atoms with Crippen molar-refractivity contribution in [1.82, 2.24) is 0 Å². The van der Waals surface area contributed by atoms with Gasteiger partial charge in [0, 0.05) is 0 Å². The first-order chi connectivity index (χ1) is 13.9. The molecular weight excluding hydrogens is 624 g/mol. The first-order valence-electron chi connectivity index (χ1n) is 10.7. The van der Waals surface area contributed by atoms with Crippen molar-refractivity contribution < 1.29 is 47.7 Å². The van der Waals surface area contributed by atoms with Crippen LogP contribution in [0.3, 0.4) is 0 Å². The minimum absolute atomic E-state index is 0. The summed E-state index contributed by atoms with van der Waals surface area (Å²) in [5.41, 5.74) is 7.84. The van der Waals surface area contributed by atoms with Gasteiger partial charge in [0.05, 0.1) is 0 Å². The van der Waals surface area contributed by atoms with E-state index in [9.17, 15) is 0 Å². The minimum Gasteiger partial charge on any atom is -1.00 e. The molecule has 0 saturated carbocycles. The van der Waals surface area contributed by atoms with Crippen molar-refractivity contribution in [2.45, 2.75) is 46.4 Å². The van der Waals surface area contributed by atoms with Crippen molar-refractivity contribution in [3.8, 4) is 0 Å². The van der Waals surface area contributed by atoms with Gasteiger partial charge in [0.1, 0.15) is 0 Å². The van der Waals surface area contributed by atoms with Crippen molar-refractivity contribution in [2.24, 2.45) is 0 Å². The van der Waals surface area contributed by atoms with Gasteiger partial charge in [-0.05, 0) is 0 Å². The largest absolute Gasteiger partial charge is 1.00 e. The van der Waals surface area contributed by atoms with E-state index in [4.69, 9.17) is 0 Å². The molecule has 0 fully saturated rings. The van der Waals surface area contributed by atoms with Gasteiger partial charge in [0.15, 0.2) is 0 Å². The van der Waals surface area contributed by atoms with Crippen LogP contribution in [0.25, 0.3) is 12.2 Å². The van der Waals surface area contributed by atoms with Gasteiger partial charge in [0.2, 0.25) is 0 Å². The first kappa shape index (κ1) is 27.5. The van der Waals surface area contributed by atoms with Crippen LogP contribution in [0.15, 0.2) is 59.2 Å². The molecule has 2 atom stereocenters. The fourth-order valence-corrected chi connectivity index (χ4v) is 20.9. The molecule has 2 aromatic rings. The predicted octanol–water partition coefficient (Wildman–Crippen LogP) is 2.31. The Morgan fingerprint density at radius 3 is 1.55 bits per heavy atom. The van der Waals surface area contributed by atoms with Gasteiger partial charge in [0.25, 0.3) is 0 Å². The van der Waals surface area contributed by atoms with Gasteiger partial charge >= 0.3 is 192 Å². The summed E-state index contributed by atoms with van der Waals surface area (Å²) in [4.78, 5) is 0. The van der Waals surface area contributed by atoms with Crippen LogP contribution in [-0.2, 0) is 22.9 Å². The van der Waals surface area contributed by atoms with E-state index >= 15 is 0 Å². The Morgan fingerprint density at radius 1 is 0.677 bits per heavy atom.